The fourth-order valence-corrected chi connectivity index (χ4v) is 3.42. The van der Waals surface area contributed by atoms with E-state index in [0.717, 1.165) is 25.1 Å². The number of aromatic nitrogens is 2. The molecule has 1 aliphatic heterocycles. The number of rotatable bonds is 6. The molecule has 1 aromatic heterocycles. The van der Waals surface area contributed by atoms with Crippen LogP contribution in [0.1, 0.15) is 31.9 Å². The first-order valence-electron chi connectivity index (χ1n) is 9.58. The van der Waals surface area contributed by atoms with Crippen LogP contribution in [0.25, 0.3) is 0 Å². The number of alkyl halides is 3. The standard InChI is InChI=1S/C20H22F4N4O/c1-19(11-25-14-5-6-14)7-8-28(12-19)18-26-16(20(22,23)24)10-17(27-18)29-15-4-2-3-13(21)9-15/h2-4,9-10,14,25H,5-8,11-12H2,1H3/t19-/m1/s1. The Morgan fingerprint density at radius 2 is 2.03 bits per heavy atom. The summed E-state index contributed by atoms with van der Waals surface area (Å²) in [6.07, 6.45) is -1.46. The molecule has 2 fully saturated rings. The lowest BCUT2D eigenvalue weighted by atomic mass is 9.90. The van der Waals surface area contributed by atoms with Gasteiger partial charge in [0.15, 0.2) is 5.69 Å². The Hall–Kier alpha value is -2.42. The van der Waals surface area contributed by atoms with Crippen LogP contribution >= 0.6 is 0 Å². The van der Waals surface area contributed by atoms with Gasteiger partial charge in [-0.2, -0.15) is 18.2 Å². The van der Waals surface area contributed by atoms with Crippen LogP contribution in [0, 0.1) is 11.2 Å². The molecule has 2 aromatic rings. The van der Waals surface area contributed by atoms with Crippen molar-refractivity contribution in [3.05, 3.63) is 41.8 Å². The van der Waals surface area contributed by atoms with Gasteiger partial charge in [0.05, 0.1) is 0 Å². The lowest BCUT2D eigenvalue weighted by Crippen LogP contribution is -2.36. The van der Waals surface area contributed by atoms with E-state index in [9.17, 15) is 17.6 Å². The molecule has 5 nitrogen and oxygen atoms in total. The van der Waals surface area contributed by atoms with Crippen LogP contribution in [0.2, 0.25) is 0 Å². The second-order valence-corrected chi connectivity index (χ2v) is 8.09. The molecule has 1 N–H and O–H groups in total. The van der Waals surface area contributed by atoms with E-state index >= 15 is 0 Å². The van der Waals surface area contributed by atoms with Gasteiger partial charge in [-0.05, 0) is 36.8 Å². The molecule has 1 aliphatic carbocycles. The second kappa shape index (κ2) is 7.44. The van der Waals surface area contributed by atoms with Crippen molar-refractivity contribution in [3.63, 3.8) is 0 Å². The predicted molar refractivity (Wildman–Crippen MR) is 99.5 cm³/mol. The van der Waals surface area contributed by atoms with Gasteiger partial charge >= 0.3 is 6.18 Å². The molecule has 0 spiro atoms. The molecule has 1 aromatic carbocycles. The molecule has 0 radical (unpaired) electrons. The third-order valence-corrected chi connectivity index (χ3v) is 5.24. The molecule has 2 aliphatic rings. The Morgan fingerprint density at radius 1 is 1.24 bits per heavy atom. The Bertz CT molecular complexity index is 887. The quantitative estimate of drug-likeness (QED) is 0.716. The molecule has 156 valence electrons. The van der Waals surface area contributed by atoms with E-state index < -0.39 is 17.7 Å². The Labute approximate surface area is 166 Å². The zero-order valence-electron chi connectivity index (χ0n) is 16.0. The summed E-state index contributed by atoms with van der Waals surface area (Å²) in [7, 11) is 0. The number of ether oxygens (including phenoxy) is 1. The molecule has 4 rings (SSSR count). The van der Waals surface area contributed by atoms with Crippen molar-refractivity contribution >= 4 is 5.95 Å². The fourth-order valence-electron chi connectivity index (χ4n) is 3.42. The molecule has 0 bridgehead atoms. The zero-order chi connectivity index (χ0) is 20.6. The minimum absolute atomic E-state index is 0.0265. The summed E-state index contributed by atoms with van der Waals surface area (Å²) in [5, 5.41) is 3.49. The van der Waals surface area contributed by atoms with Crippen LogP contribution in [-0.4, -0.2) is 35.6 Å². The molecule has 0 unspecified atom stereocenters. The third kappa shape index (κ3) is 4.95. The Balaban J connectivity index is 1.57. The van der Waals surface area contributed by atoms with Crippen molar-refractivity contribution in [2.24, 2.45) is 5.41 Å². The van der Waals surface area contributed by atoms with Gasteiger partial charge in [-0.3, -0.25) is 0 Å². The Kier molecular flexibility index (Phi) is 5.10. The van der Waals surface area contributed by atoms with Crippen molar-refractivity contribution in [2.75, 3.05) is 24.5 Å². The number of hydrogen-bond acceptors (Lipinski definition) is 5. The summed E-state index contributed by atoms with van der Waals surface area (Å²) in [5.74, 6) is -0.770. The smallest absolute Gasteiger partial charge is 0.433 e. The molecule has 1 saturated carbocycles. The fraction of sp³-hybridized carbons (Fsp3) is 0.500. The maximum absolute atomic E-state index is 13.4. The van der Waals surface area contributed by atoms with Crippen molar-refractivity contribution in [3.8, 4) is 11.6 Å². The summed E-state index contributed by atoms with van der Waals surface area (Å²) >= 11 is 0. The molecule has 0 amide bonds. The van der Waals surface area contributed by atoms with E-state index in [4.69, 9.17) is 4.74 Å². The van der Waals surface area contributed by atoms with Crippen molar-refractivity contribution in [2.45, 2.75) is 38.4 Å². The van der Waals surface area contributed by atoms with E-state index in [1.54, 1.807) is 4.90 Å². The van der Waals surface area contributed by atoms with E-state index in [2.05, 4.69) is 22.2 Å². The van der Waals surface area contributed by atoms with Crippen molar-refractivity contribution in [1.82, 2.24) is 15.3 Å². The molecule has 2 heterocycles. The average molecular weight is 410 g/mol. The number of halogens is 4. The van der Waals surface area contributed by atoms with Gasteiger partial charge in [-0.25, -0.2) is 9.37 Å². The highest BCUT2D eigenvalue weighted by atomic mass is 19.4. The molecule has 1 atom stereocenters. The molecule has 9 heteroatoms. The summed E-state index contributed by atoms with van der Waals surface area (Å²) in [4.78, 5) is 9.66. The van der Waals surface area contributed by atoms with E-state index in [1.807, 2.05) is 0 Å². The van der Waals surface area contributed by atoms with Crippen LogP contribution in [0.3, 0.4) is 0 Å². The normalized spacial score (nSPS) is 22.2. The van der Waals surface area contributed by atoms with Gasteiger partial charge in [0.1, 0.15) is 11.6 Å². The van der Waals surface area contributed by atoms with E-state index in [1.165, 1.54) is 31.0 Å². The highest BCUT2D eigenvalue weighted by Gasteiger charge is 2.39. The lowest BCUT2D eigenvalue weighted by molar-refractivity contribution is -0.141. The number of hydrogen-bond donors (Lipinski definition) is 1. The number of anilines is 1. The van der Waals surface area contributed by atoms with E-state index in [-0.39, 0.29) is 23.0 Å². The van der Waals surface area contributed by atoms with Gasteiger partial charge in [0.25, 0.3) is 0 Å². The minimum atomic E-state index is -4.64. The van der Waals surface area contributed by atoms with Crippen LogP contribution in [0.4, 0.5) is 23.5 Å². The SMILES string of the molecule is C[C@]1(CNC2CC2)CCN(c2nc(Oc3cccc(F)c3)cc(C(F)(F)F)n2)C1. The molecular formula is C20H22F4N4O. The first kappa shape index (κ1) is 19.9. The number of benzene rings is 1. The largest absolute Gasteiger partial charge is 0.439 e. The summed E-state index contributed by atoms with van der Waals surface area (Å²) in [5.41, 5.74) is -1.15. The van der Waals surface area contributed by atoms with Gasteiger partial charge in [0, 0.05) is 37.8 Å². The third-order valence-electron chi connectivity index (χ3n) is 5.24. The summed E-state index contributed by atoms with van der Waals surface area (Å²) in [6, 6.07) is 6.48. The summed E-state index contributed by atoms with van der Waals surface area (Å²) < 4.78 is 58.9. The lowest BCUT2D eigenvalue weighted by Gasteiger charge is -2.25. The monoisotopic (exact) mass is 410 g/mol. The van der Waals surface area contributed by atoms with Gasteiger partial charge in [-0.1, -0.05) is 13.0 Å². The first-order valence-corrected chi connectivity index (χ1v) is 9.58. The minimum Gasteiger partial charge on any atom is -0.439 e. The highest BCUT2D eigenvalue weighted by Crippen LogP contribution is 2.36. The molecule has 1 saturated heterocycles. The van der Waals surface area contributed by atoms with Gasteiger partial charge < -0.3 is 15.0 Å². The average Bonchev–Trinajstić information content (AvgIpc) is 3.40. The van der Waals surface area contributed by atoms with Crippen LogP contribution < -0.4 is 15.0 Å². The first-order chi connectivity index (χ1) is 13.7. The second-order valence-electron chi connectivity index (χ2n) is 8.09. The van der Waals surface area contributed by atoms with Gasteiger partial charge in [-0.15, -0.1) is 0 Å². The molecular weight excluding hydrogens is 388 g/mol. The predicted octanol–water partition coefficient (Wildman–Crippen LogP) is 4.40. The summed E-state index contributed by atoms with van der Waals surface area (Å²) in [6.45, 7) is 4.02. The van der Waals surface area contributed by atoms with Crippen LogP contribution in [0.5, 0.6) is 11.6 Å². The topological polar surface area (TPSA) is 50.3 Å². The number of nitrogens with one attached hydrogen (secondary N) is 1. The zero-order valence-corrected chi connectivity index (χ0v) is 16.0. The van der Waals surface area contributed by atoms with Gasteiger partial charge in [0.2, 0.25) is 11.8 Å². The molecule has 29 heavy (non-hydrogen) atoms. The maximum Gasteiger partial charge on any atom is 0.433 e. The highest BCUT2D eigenvalue weighted by molar-refractivity contribution is 5.39. The van der Waals surface area contributed by atoms with E-state index in [0.29, 0.717) is 19.1 Å². The van der Waals surface area contributed by atoms with Crippen molar-refractivity contribution in [1.29, 1.82) is 0 Å². The Morgan fingerprint density at radius 3 is 2.72 bits per heavy atom. The van der Waals surface area contributed by atoms with Crippen LogP contribution in [-0.2, 0) is 6.18 Å². The number of nitrogens with zero attached hydrogens (tertiary/aromatic N) is 3. The van der Waals surface area contributed by atoms with Crippen molar-refractivity contribution < 1.29 is 22.3 Å². The van der Waals surface area contributed by atoms with Crippen LogP contribution in [0.15, 0.2) is 30.3 Å². The maximum atomic E-state index is 13.4.